The fourth-order valence-electron chi connectivity index (χ4n) is 7.28. The van der Waals surface area contributed by atoms with Gasteiger partial charge in [-0.05, 0) is 86.3 Å². The molecule has 0 aromatic heterocycles. The molecule has 3 N–H and O–H groups in total. The van der Waals surface area contributed by atoms with Gasteiger partial charge in [0.1, 0.15) is 11.5 Å². The van der Waals surface area contributed by atoms with Gasteiger partial charge in [-0.1, -0.05) is 86.6 Å². The highest BCUT2D eigenvalue weighted by Gasteiger charge is 2.20. The number of hydrogen-bond donors (Lipinski definition) is 3. The van der Waals surface area contributed by atoms with Crippen LogP contribution in [-0.4, -0.2) is 94.2 Å². The minimum absolute atomic E-state index is 0. The molecule has 4 aromatic rings. The number of hydrogen-bond acceptors (Lipinski definition) is 8. The summed E-state index contributed by atoms with van der Waals surface area (Å²) in [4.78, 5) is 29.6. The minimum Gasteiger partial charge on any atom is -0.493 e. The molecule has 0 unspecified atom stereocenters. The van der Waals surface area contributed by atoms with Crippen LogP contribution in [-0.2, 0) is 22.4 Å². The van der Waals surface area contributed by atoms with Crippen molar-refractivity contribution in [3.63, 3.8) is 0 Å². The van der Waals surface area contributed by atoms with Crippen molar-refractivity contribution >= 4 is 109 Å². The molecule has 0 saturated carbocycles. The van der Waals surface area contributed by atoms with Crippen LogP contribution in [0.1, 0.15) is 36.8 Å². The van der Waals surface area contributed by atoms with Gasteiger partial charge < -0.3 is 40.1 Å². The fourth-order valence-corrected chi connectivity index (χ4v) is 8.34. The van der Waals surface area contributed by atoms with E-state index in [-0.39, 0.29) is 24.2 Å². The topological polar surface area (TPSA) is 98.4 Å². The molecule has 4 aromatic carbocycles. The molecule has 0 bridgehead atoms. The molecule has 4 heterocycles. The first-order chi connectivity index (χ1) is 28.7. The molecule has 4 aliphatic rings. The molecular weight excluding hydrogens is 934 g/mol. The zero-order valence-corrected chi connectivity index (χ0v) is 38.9. The summed E-state index contributed by atoms with van der Waals surface area (Å²) in [7, 11) is 0. The summed E-state index contributed by atoms with van der Waals surface area (Å²) in [5.41, 5.74) is 5.92. The number of fused-ring (bicyclic) bond motifs is 2. The number of amides is 2. The van der Waals surface area contributed by atoms with E-state index in [0.29, 0.717) is 46.1 Å². The summed E-state index contributed by atoms with van der Waals surface area (Å²) in [5, 5.41) is 12.5. The van der Waals surface area contributed by atoms with Crippen LogP contribution in [0.3, 0.4) is 0 Å². The van der Waals surface area contributed by atoms with Crippen molar-refractivity contribution in [1.29, 1.82) is 0 Å². The van der Waals surface area contributed by atoms with Crippen LogP contribution >= 0.6 is 74.7 Å². The van der Waals surface area contributed by atoms with Crippen molar-refractivity contribution in [3.8, 4) is 11.5 Å². The average molecular weight is 986 g/mol. The van der Waals surface area contributed by atoms with Gasteiger partial charge in [0.05, 0.1) is 57.5 Å². The van der Waals surface area contributed by atoms with E-state index in [1.807, 2.05) is 72.8 Å². The Morgan fingerprint density at radius 3 is 1.75 bits per heavy atom. The second kappa shape index (κ2) is 24.5. The third-order valence-corrected chi connectivity index (χ3v) is 12.5. The third-order valence-electron chi connectivity index (χ3n) is 10.3. The van der Waals surface area contributed by atoms with Gasteiger partial charge >= 0.3 is 0 Å². The lowest BCUT2D eigenvalue weighted by Gasteiger charge is -2.25. The van der Waals surface area contributed by atoms with Gasteiger partial charge in [-0.3, -0.25) is 9.59 Å². The molecule has 0 atom stereocenters. The van der Waals surface area contributed by atoms with Crippen LogP contribution in [0, 0.1) is 0 Å². The number of nitrogens with zero attached hydrogens (tertiary/aromatic N) is 3. The SMILES string of the molecule is Cl.Clc1cccc(N2CCCNCC2)c1Cl.O=C1Cc2ccc(OCCCBr)cc2N1.O=C1Cc2ccc(OCCCN3CCCN(c4cccc(Cl)c4Cl)CC3)cc2N1. The van der Waals surface area contributed by atoms with E-state index in [1.54, 1.807) is 0 Å². The summed E-state index contributed by atoms with van der Waals surface area (Å²) >= 11 is 28.1. The smallest absolute Gasteiger partial charge is 0.228 e. The van der Waals surface area contributed by atoms with E-state index in [0.717, 1.165) is 135 Å². The normalized spacial score (nSPS) is 16.0. The first-order valence-electron chi connectivity index (χ1n) is 20.2. The highest BCUT2D eigenvalue weighted by Crippen LogP contribution is 2.34. The van der Waals surface area contributed by atoms with Crippen LogP contribution in [0.4, 0.5) is 22.7 Å². The molecule has 2 fully saturated rings. The molecule has 8 rings (SSSR count). The number of halogens is 6. The van der Waals surface area contributed by atoms with Crippen molar-refractivity contribution in [2.45, 2.75) is 38.5 Å². The second-order valence-corrected chi connectivity index (χ2v) is 17.0. The Labute approximate surface area is 388 Å². The third kappa shape index (κ3) is 13.9. The van der Waals surface area contributed by atoms with Crippen molar-refractivity contribution < 1.29 is 19.1 Å². The number of carbonyl (C=O) groups excluding carboxylic acids is 2. The van der Waals surface area contributed by atoms with Gasteiger partial charge in [0.25, 0.3) is 0 Å². The maximum Gasteiger partial charge on any atom is 0.228 e. The fraction of sp³-hybridized carbons (Fsp3) is 0.409. The van der Waals surface area contributed by atoms with E-state index >= 15 is 0 Å². The highest BCUT2D eigenvalue weighted by atomic mass is 79.9. The van der Waals surface area contributed by atoms with Gasteiger partial charge in [0.15, 0.2) is 0 Å². The molecule has 0 spiro atoms. The van der Waals surface area contributed by atoms with Crippen molar-refractivity contribution in [1.82, 2.24) is 10.2 Å². The van der Waals surface area contributed by atoms with Crippen molar-refractivity contribution in [2.24, 2.45) is 0 Å². The Balaban J connectivity index is 0.000000186. The zero-order chi connectivity index (χ0) is 41.6. The Bertz CT molecular complexity index is 2040. The predicted molar refractivity (Wildman–Crippen MR) is 255 cm³/mol. The van der Waals surface area contributed by atoms with E-state index in [2.05, 4.69) is 46.6 Å². The summed E-state index contributed by atoms with van der Waals surface area (Å²) < 4.78 is 11.4. The molecule has 2 saturated heterocycles. The van der Waals surface area contributed by atoms with Crippen LogP contribution in [0.2, 0.25) is 20.1 Å². The van der Waals surface area contributed by atoms with Gasteiger partial charge in [-0.25, -0.2) is 0 Å². The first kappa shape index (κ1) is 47.9. The Morgan fingerprint density at radius 1 is 0.617 bits per heavy atom. The number of rotatable bonds is 11. The number of anilines is 4. The maximum atomic E-state index is 11.4. The van der Waals surface area contributed by atoms with Gasteiger partial charge in [-0.15, -0.1) is 12.4 Å². The van der Waals surface area contributed by atoms with Crippen LogP contribution in [0.5, 0.6) is 11.5 Å². The molecular formula is C44H52BrCl5N6O4. The first-order valence-corrected chi connectivity index (χ1v) is 22.8. The van der Waals surface area contributed by atoms with E-state index in [4.69, 9.17) is 55.9 Å². The largest absolute Gasteiger partial charge is 0.493 e. The van der Waals surface area contributed by atoms with Gasteiger partial charge in [-0.2, -0.15) is 0 Å². The molecule has 60 heavy (non-hydrogen) atoms. The van der Waals surface area contributed by atoms with Gasteiger partial charge in [0, 0.05) is 74.7 Å². The number of nitrogens with one attached hydrogen (secondary N) is 3. The van der Waals surface area contributed by atoms with Crippen LogP contribution in [0.25, 0.3) is 0 Å². The molecule has 16 heteroatoms. The van der Waals surface area contributed by atoms with E-state index < -0.39 is 0 Å². The van der Waals surface area contributed by atoms with Crippen LogP contribution in [0.15, 0.2) is 72.8 Å². The molecule has 10 nitrogen and oxygen atoms in total. The Morgan fingerprint density at radius 2 is 1.17 bits per heavy atom. The quantitative estimate of drug-likeness (QED) is 0.101. The van der Waals surface area contributed by atoms with Crippen molar-refractivity contribution in [2.75, 3.05) is 97.9 Å². The van der Waals surface area contributed by atoms with Gasteiger partial charge in [0.2, 0.25) is 11.8 Å². The molecule has 2 amide bonds. The Hall–Kier alpha value is -3.13. The number of benzene rings is 4. The molecule has 324 valence electrons. The summed E-state index contributed by atoms with van der Waals surface area (Å²) in [6.45, 7) is 10.4. The summed E-state index contributed by atoms with van der Waals surface area (Å²) in [6.07, 6.45) is 5.11. The van der Waals surface area contributed by atoms with Crippen LogP contribution < -0.4 is 35.2 Å². The second-order valence-electron chi connectivity index (χ2n) is 14.6. The van der Waals surface area contributed by atoms with Crippen molar-refractivity contribution in [3.05, 3.63) is 104 Å². The predicted octanol–water partition coefficient (Wildman–Crippen LogP) is 10.0. The lowest BCUT2D eigenvalue weighted by molar-refractivity contribution is -0.115. The number of ether oxygens (including phenoxy) is 2. The molecule has 0 aliphatic carbocycles. The lowest BCUT2D eigenvalue weighted by atomic mass is 10.1. The zero-order valence-electron chi connectivity index (χ0n) is 33.4. The monoisotopic (exact) mass is 982 g/mol. The highest BCUT2D eigenvalue weighted by molar-refractivity contribution is 9.09. The average Bonchev–Trinajstić information content (AvgIpc) is 3.54. The number of carbonyl (C=O) groups is 2. The lowest BCUT2D eigenvalue weighted by Crippen LogP contribution is -2.32. The molecule has 0 radical (unpaired) electrons. The van der Waals surface area contributed by atoms with E-state index in [1.165, 1.54) is 0 Å². The minimum atomic E-state index is 0. The Kier molecular flexibility index (Phi) is 19.6. The summed E-state index contributed by atoms with van der Waals surface area (Å²) in [6, 6.07) is 23.2. The standard InChI is InChI=1S/C22H25Cl2N3O2.C11H12BrNO2.C11H14Cl2N2.ClH/c23-18-4-1-5-20(22(18)24)27-10-2-8-26(11-12-27)9-3-13-29-17-7-6-16-14-21(28)25-19(16)15-17;12-4-1-5-15-9-3-2-8-6-11(14)13-10(8)7-9;12-9-3-1-4-10(11(9)13)15-7-2-5-14-6-8-15;/h1,4-7,15H,2-3,8-14H2,(H,25,28);2-3,7H,1,4-6H2,(H,13,14);1,3-4,14H,2,5-8H2;1H. The molecule has 4 aliphatic heterocycles. The number of alkyl halides is 1. The summed E-state index contributed by atoms with van der Waals surface area (Å²) in [5.74, 6) is 1.73. The van der Waals surface area contributed by atoms with E-state index in [9.17, 15) is 9.59 Å². The maximum absolute atomic E-state index is 11.4.